The monoisotopic (exact) mass is 303 g/mol. The lowest BCUT2D eigenvalue weighted by Crippen LogP contribution is -2.41. The zero-order chi connectivity index (χ0) is 14.8. The summed E-state index contributed by atoms with van der Waals surface area (Å²) in [6.45, 7) is 0.640. The summed E-state index contributed by atoms with van der Waals surface area (Å²) in [6.07, 6.45) is 1.90. The smallest absolute Gasteiger partial charge is 0.328 e. The number of amides is 1. The van der Waals surface area contributed by atoms with Gasteiger partial charge in [-0.3, -0.25) is 4.79 Å². The summed E-state index contributed by atoms with van der Waals surface area (Å²) in [5.41, 5.74) is 1.04. The largest absolute Gasteiger partial charge is 0.467 e. The molecule has 1 fully saturated rings. The first-order chi connectivity index (χ1) is 10.2. The Kier molecular flexibility index (Phi) is 3.92. The van der Waals surface area contributed by atoms with E-state index in [0.29, 0.717) is 19.4 Å². The Hall–Kier alpha value is -1.88. The second kappa shape index (κ2) is 5.85. The van der Waals surface area contributed by atoms with Crippen LogP contribution in [0.15, 0.2) is 29.6 Å². The molecule has 1 aromatic heterocycles. The number of carbonyl (C=O) groups excluding carboxylic acids is 2. The summed E-state index contributed by atoms with van der Waals surface area (Å²) >= 11 is 1.65. The fourth-order valence-electron chi connectivity index (χ4n) is 2.88. The van der Waals surface area contributed by atoms with Crippen molar-refractivity contribution in [2.45, 2.75) is 25.3 Å². The molecule has 110 valence electrons. The van der Waals surface area contributed by atoms with Gasteiger partial charge in [-0.25, -0.2) is 4.79 Å². The Labute approximate surface area is 127 Å². The van der Waals surface area contributed by atoms with Crippen LogP contribution in [0.2, 0.25) is 0 Å². The van der Waals surface area contributed by atoms with Crippen LogP contribution >= 0.6 is 11.3 Å². The molecule has 2 aromatic rings. The number of rotatable bonds is 3. The number of likely N-dealkylation sites (tertiary alicyclic amines) is 1. The topological polar surface area (TPSA) is 46.6 Å². The Balaban J connectivity index is 1.78. The third-order valence-corrected chi connectivity index (χ3v) is 4.96. The van der Waals surface area contributed by atoms with Crippen molar-refractivity contribution >= 4 is 33.3 Å². The molecule has 1 atom stereocenters. The first-order valence-corrected chi connectivity index (χ1v) is 7.91. The number of methoxy groups -OCH3 is 1. The molecule has 0 unspecified atom stereocenters. The summed E-state index contributed by atoms with van der Waals surface area (Å²) in [5.74, 6) is -0.303. The van der Waals surface area contributed by atoms with Gasteiger partial charge in [0.25, 0.3) is 0 Å². The van der Waals surface area contributed by atoms with Gasteiger partial charge in [0.15, 0.2) is 0 Å². The van der Waals surface area contributed by atoms with Crippen molar-refractivity contribution in [3.05, 3.63) is 35.2 Å². The molecule has 0 aliphatic carbocycles. The van der Waals surface area contributed by atoms with Gasteiger partial charge in [0.1, 0.15) is 6.04 Å². The van der Waals surface area contributed by atoms with Crippen LogP contribution in [0.1, 0.15) is 18.4 Å². The van der Waals surface area contributed by atoms with E-state index in [-0.39, 0.29) is 11.9 Å². The number of benzene rings is 1. The van der Waals surface area contributed by atoms with Crippen LogP contribution in [0.5, 0.6) is 0 Å². The number of thiophene rings is 1. The molecule has 1 saturated heterocycles. The molecule has 3 rings (SSSR count). The molecular weight excluding hydrogens is 286 g/mol. The van der Waals surface area contributed by atoms with Gasteiger partial charge in [-0.1, -0.05) is 18.2 Å². The maximum atomic E-state index is 12.5. The molecule has 2 heterocycles. The lowest BCUT2D eigenvalue weighted by Gasteiger charge is -2.22. The standard InChI is InChI=1S/C16H17NO3S/c1-20-16(19)13-6-4-8-17(13)15(18)9-11-10-21-14-7-3-2-5-12(11)14/h2-3,5,7,10,13H,4,6,8-9H2,1H3/t13-/m0/s1. The highest BCUT2D eigenvalue weighted by atomic mass is 32.1. The molecule has 0 radical (unpaired) electrons. The third-order valence-electron chi connectivity index (χ3n) is 3.95. The minimum Gasteiger partial charge on any atom is -0.467 e. The van der Waals surface area contributed by atoms with E-state index in [1.807, 2.05) is 23.6 Å². The second-order valence-electron chi connectivity index (χ2n) is 5.20. The van der Waals surface area contributed by atoms with Gasteiger partial charge in [0, 0.05) is 11.2 Å². The number of nitrogens with zero attached hydrogens (tertiary/aromatic N) is 1. The quantitative estimate of drug-likeness (QED) is 0.819. The van der Waals surface area contributed by atoms with Gasteiger partial charge in [0.2, 0.25) is 5.91 Å². The fourth-order valence-corrected chi connectivity index (χ4v) is 3.84. The molecule has 1 aromatic carbocycles. The number of hydrogen-bond donors (Lipinski definition) is 0. The Bertz CT molecular complexity index is 679. The first kappa shape index (κ1) is 14.1. The minimum atomic E-state index is -0.410. The van der Waals surface area contributed by atoms with Crippen LogP contribution in [0.4, 0.5) is 0 Å². The van der Waals surface area contributed by atoms with E-state index >= 15 is 0 Å². The molecule has 1 aliphatic rings. The number of fused-ring (bicyclic) bond motifs is 1. The maximum Gasteiger partial charge on any atom is 0.328 e. The van der Waals surface area contributed by atoms with Gasteiger partial charge in [-0.05, 0) is 35.2 Å². The van der Waals surface area contributed by atoms with Crippen molar-refractivity contribution in [2.75, 3.05) is 13.7 Å². The Morgan fingerprint density at radius 1 is 1.38 bits per heavy atom. The second-order valence-corrected chi connectivity index (χ2v) is 6.11. The van der Waals surface area contributed by atoms with Crippen molar-refractivity contribution in [2.24, 2.45) is 0 Å². The average Bonchev–Trinajstić information content (AvgIpc) is 3.14. The summed E-state index contributed by atoms with van der Waals surface area (Å²) in [4.78, 5) is 25.9. The lowest BCUT2D eigenvalue weighted by molar-refractivity contribution is -0.150. The van der Waals surface area contributed by atoms with Crippen molar-refractivity contribution < 1.29 is 14.3 Å². The van der Waals surface area contributed by atoms with Crippen molar-refractivity contribution in [3.8, 4) is 0 Å². The molecule has 0 spiro atoms. The van der Waals surface area contributed by atoms with E-state index in [1.54, 1.807) is 16.2 Å². The summed E-state index contributed by atoms with van der Waals surface area (Å²) in [6, 6.07) is 7.67. The summed E-state index contributed by atoms with van der Waals surface area (Å²) in [5, 5.41) is 3.16. The van der Waals surface area contributed by atoms with E-state index in [4.69, 9.17) is 4.74 Å². The van der Waals surface area contributed by atoms with E-state index in [9.17, 15) is 9.59 Å². The van der Waals surface area contributed by atoms with E-state index in [1.165, 1.54) is 11.8 Å². The van der Waals surface area contributed by atoms with Crippen molar-refractivity contribution in [3.63, 3.8) is 0 Å². The molecular formula is C16H17NO3S. The molecule has 21 heavy (non-hydrogen) atoms. The van der Waals surface area contributed by atoms with Crippen molar-refractivity contribution in [1.29, 1.82) is 0 Å². The predicted octanol–water partition coefficient (Wildman–Crippen LogP) is 2.61. The fraction of sp³-hybridized carbons (Fsp3) is 0.375. The lowest BCUT2D eigenvalue weighted by atomic mass is 10.1. The van der Waals surface area contributed by atoms with Crippen LogP contribution in [0.3, 0.4) is 0 Å². The SMILES string of the molecule is COC(=O)[C@@H]1CCCN1C(=O)Cc1csc2ccccc12. The minimum absolute atomic E-state index is 0.00598. The van der Waals surface area contributed by atoms with Gasteiger partial charge < -0.3 is 9.64 Å². The number of ether oxygens (including phenoxy) is 1. The number of carbonyl (C=O) groups is 2. The van der Waals surface area contributed by atoms with E-state index in [2.05, 4.69) is 6.07 Å². The number of hydrogen-bond acceptors (Lipinski definition) is 4. The Morgan fingerprint density at radius 2 is 2.19 bits per heavy atom. The van der Waals surface area contributed by atoms with Crippen molar-refractivity contribution in [1.82, 2.24) is 4.90 Å². The zero-order valence-corrected chi connectivity index (χ0v) is 12.7. The molecule has 1 amide bonds. The van der Waals surface area contributed by atoms with Gasteiger partial charge in [0.05, 0.1) is 13.5 Å². The predicted molar refractivity (Wildman–Crippen MR) is 82.3 cm³/mol. The van der Waals surface area contributed by atoms with Gasteiger partial charge in [-0.15, -0.1) is 11.3 Å². The highest BCUT2D eigenvalue weighted by Crippen LogP contribution is 2.27. The molecule has 0 N–H and O–H groups in total. The average molecular weight is 303 g/mol. The van der Waals surface area contributed by atoms with Crippen LogP contribution in [0.25, 0.3) is 10.1 Å². The van der Waals surface area contributed by atoms with Crippen LogP contribution in [-0.2, 0) is 20.7 Å². The molecule has 4 nitrogen and oxygen atoms in total. The molecule has 0 saturated carbocycles. The number of esters is 1. The van der Waals surface area contributed by atoms with E-state index < -0.39 is 6.04 Å². The van der Waals surface area contributed by atoms with Gasteiger partial charge >= 0.3 is 5.97 Å². The Morgan fingerprint density at radius 3 is 3.00 bits per heavy atom. The molecule has 1 aliphatic heterocycles. The molecule has 0 bridgehead atoms. The highest BCUT2D eigenvalue weighted by molar-refractivity contribution is 7.17. The zero-order valence-electron chi connectivity index (χ0n) is 11.9. The summed E-state index contributed by atoms with van der Waals surface area (Å²) in [7, 11) is 1.37. The maximum absolute atomic E-state index is 12.5. The molecule has 5 heteroatoms. The van der Waals surface area contributed by atoms with Crippen LogP contribution in [0, 0.1) is 0 Å². The normalized spacial score (nSPS) is 18.1. The van der Waals surface area contributed by atoms with Gasteiger partial charge in [-0.2, -0.15) is 0 Å². The van der Waals surface area contributed by atoms with Crippen LogP contribution < -0.4 is 0 Å². The summed E-state index contributed by atoms with van der Waals surface area (Å²) < 4.78 is 5.98. The van der Waals surface area contributed by atoms with E-state index in [0.717, 1.165) is 17.4 Å². The van der Waals surface area contributed by atoms with Crippen LogP contribution in [-0.4, -0.2) is 36.5 Å². The highest BCUT2D eigenvalue weighted by Gasteiger charge is 2.34. The third kappa shape index (κ3) is 2.65. The first-order valence-electron chi connectivity index (χ1n) is 7.03.